The maximum Gasteiger partial charge on any atom is 0.0606 e. The van der Waals surface area contributed by atoms with Gasteiger partial charge in [-0.3, -0.25) is 0 Å². The van der Waals surface area contributed by atoms with Crippen molar-refractivity contribution in [2.24, 2.45) is 0 Å². The van der Waals surface area contributed by atoms with Crippen molar-refractivity contribution >= 4 is 45.5 Å². The second kappa shape index (κ2) is 4.19. The standard InChI is InChI=1S/C16H10ClNS/c17-11-6-8-14-13(9-11)18-16-12-4-2-1-3-10(12)5-7-15(16)19-14/h1-9,18H. The Kier molecular flexibility index (Phi) is 2.47. The molecule has 92 valence electrons. The van der Waals surface area contributed by atoms with Gasteiger partial charge in [-0.2, -0.15) is 0 Å². The molecule has 0 atom stereocenters. The molecule has 1 nitrogen and oxygen atoms in total. The molecule has 0 amide bonds. The van der Waals surface area contributed by atoms with Crippen molar-refractivity contribution in [3.05, 3.63) is 59.6 Å². The van der Waals surface area contributed by atoms with Gasteiger partial charge in [0.25, 0.3) is 0 Å². The monoisotopic (exact) mass is 283 g/mol. The molecule has 0 aliphatic carbocycles. The molecule has 3 aromatic carbocycles. The molecule has 0 aromatic heterocycles. The van der Waals surface area contributed by atoms with Gasteiger partial charge in [0, 0.05) is 20.2 Å². The maximum atomic E-state index is 6.07. The van der Waals surface area contributed by atoms with Gasteiger partial charge in [-0.05, 0) is 29.7 Å². The van der Waals surface area contributed by atoms with Crippen LogP contribution in [0.25, 0.3) is 10.8 Å². The highest BCUT2D eigenvalue weighted by molar-refractivity contribution is 7.99. The first kappa shape index (κ1) is 11.2. The van der Waals surface area contributed by atoms with Crippen LogP contribution in [0.5, 0.6) is 0 Å². The highest BCUT2D eigenvalue weighted by Gasteiger charge is 2.17. The first-order valence-electron chi connectivity index (χ1n) is 6.07. The fourth-order valence-electron chi connectivity index (χ4n) is 2.41. The lowest BCUT2D eigenvalue weighted by Crippen LogP contribution is -2.00. The first-order valence-corrected chi connectivity index (χ1v) is 7.27. The molecule has 3 heteroatoms. The predicted octanol–water partition coefficient (Wildman–Crippen LogP) is 5.70. The zero-order valence-corrected chi connectivity index (χ0v) is 11.6. The van der Waals surface area contributed by atoms with Crippen LogP contribution in [-0.4, -0.2) is 0 Å². The lowest BCUT2D eigenvalue weighted by molar-refractivity contribution is 1.33. The van der Waals surface area contributed by atoms with Gasteiger partial charge < -0.3 is 5.32 Å². The van der Waals surface area contributed by atoms with Crippen LogP contribution in [0.2, 0.25) is 5.02 Å². The number of halogens is 1. The number of nitrogens with one attached hydrogen (secondary N) is 1. The zero-order valence-electron chi connectivity index (χ0n) is 9.98. The van der Waals surface area contributed by atoms with Gasteiger partial charge in [0.15, 0.2) is 0 Å². The molecule has 1 aliphatic heterocycles. The largest absolute Gasteiger partial charge is 0.353 e. The SMILES string of the molecule is Clc1ccc2c(c1)Nc1c(ccc3ccccc13)S2. The molecule has 3 aromatic rings. The van der Waals surface area contributed by atoms with Crippen LogP contribution in [0.1, 0.15) is 0 Å². The molecular weight excluding hydrogens is 274 g/mol. The third kappa shape index (κ3) is 1.79. The van der Waals surface area contributed by atoms with Crippen molar-refractivity contribution in [1.29, 1.82) is 0 Å². The predicted molar refractivity (Wildman–Crippen MR) is 82.8 cm³/mol. The van der Waals surface area contributed by atoms with E-state index in [1.54, 1.807) is 11.8 Å². The number of hydrogen-bond acceptors (Lipinski definition) is 2. The molecule has 0 saturated heterocycles. The van der Waals surface area contributed by atoms with Gasteiger partial charge in [0.2, 0.25) is 0 Å². The Hall–Kier alpha value is -1.64. The van der Waals surface area contributed by atoms with Crippen LogP contribution in [0.4, 0.5) is 11.4 Å². The van der Waals surface area contributed by atoms with E-state index < -0.39 is 0 Å². The highest BCUT2D eigenvalue weighted by atomic mass is 35.5. The summed E-state index contributed by atoms with van der Waals surface area (Å²) in [5, 5.41) is 6.78. The van der Waals surface area contributed by atoms with Crippen LogP contribution in [0, 0.1) is 0 Å². The van der Waals surface area contributed by atoms with Gasteiger partial charge in [-0.15, -0.1) is 0 Å². The Labute approximate surface area is 120 Å². The number of hydrogen-bond donors (Lipinski definition) is 1. The summed E-state index contributed by atoms with van der Waals surface area (Å²) in [6.07, 6.45) is 0. The molecule has 0 saturated carbocycles. The zero-order chi connectivity index (χ0) is 12.8. The van der Waals surface area contributed by atoms with E-state index in [4.69, 9.17) is 11.6 Å². The molecule has 4 rings (SSSR count). The summed E-state index contributed by atoms with van der Waals surface area (Å²) in [5.74, 6) is 0. The van der Waals surface area contributed by atoms with E-state index in [9.17, 15) is 0 Å². The van der Waals surface area contributed by atoms with Gasteiger partial charge in [-0.1, -0.05) is 53.7 Å². The Morgan fingerprint density at radius 1 is 0.895 bits per heavy atom. The van der Waals surface area contributed by atoms with Crippen LogP contribution in [-0.2, 0) is 0 Å². The van der Waals surface area contributed by atoms with Gasteiger partial charge in [0.05, 0.1) is 11.4 Å². The summed E-state index contributed by atoms with van der Waals surface area (Å²) in [7, 11) is 0. The van der Waals surface area contributed by atoms with Crippen molar-refractivity contribution < 1.29 is 0 Å². The van der Waals surface area contributed by atoms with E-state index >= 15 is 0 Å². The molecule has 19 heavy (non-hydrogen) atoms. The Morgan fingerprint density at radius 2 is 1.74 bits per heavy atom. The lowest BCUT2D eigenvalue weighted by Gasteiger charge is -2.22. The van der Waals surface area contributed by atoms with Gasteiger partial charge in [0.1, 0.15) is 0 Å². The first-order chi connectivity index (χ1) is 9.31. The molecule has 0 fully saturated rings. The number of rotatable bonds is 0. The van der Waals surface area contributed by atoms with E-state index in [0.29, 0.717) is 0 Å². The smallest absolute Gasteiger partial charge is 0.0606 e. The van der Waals surface area contributed by atoms with Crippen molar-refractivity contribution in [3.63, 3.8) is 0 Å². The topological polar surface area (TPSA) is 12.0 Å². The molecule has 0 radical (unpaired) electrons. The van der Waals surface area contributed by atoms with Crippen LogP contribution in [0.3, 0.4) is 0 Å². The quantitative estimate of drug-likeness (QED) is 0.444. The Bertz CT molecular complexity index is 798. The summed E-state index contributed by atoms with van der Waals surface area (Å²) in [4.78, 5) is 2.47. The van der Waals surface area contributed by atoms with Crippen molar-refractivity contribution in [1.82, 2.24) is 0 Å². The Morgan fingerprint density at radius 3 is 2.68 bits per heavy atom. The number of anilines is 2. The summed E-state index contributed by atoms with van der Waals surface area (Å²) in [6.45, 7) is 0. The summed E-state index contributed by atoms with van der Waals surface area (Å²) < 4.78 is 0. The van der Waals surface area contributed by atoms with Gasteiger partial charge in [-0.25, -0.2) is 0 Å². The fraction of sp³-hybridized carbons (Fsp3) is 0. The second-order valence-corrected chi connectivity index (χ2v) is 6.05. The molecule has 0 spiro atoms. The summed E-state index contributed by atoms with van der Waals surface area (Å²) >= 11 is 7.86. The Balaban J connectivity index is 1.95. The highest BCUT2D eigenvalue weighted by Crippen LogP contribution is 2.47. The average Bonchev–Trinajstić information content (AvgIpc) is 2.45. The van der Waals surface area contributed by atoms with E-state index in [0.717, 1.165) is 10.7 Å². The normalized spacial score (nSPS) is 12.7. The molecule has 1 aliphatic rings. The maximum absolute atomic E-state index is 6.07. The molecule has 1 heterocycles. The van der Waals surface area contributed by atoms with E-state index in [-0.39, 0.29) is 0 Å². The van der Waals surface area contributed by atoms with E-state index in [1.165, 1.54) is 26.3 Å². The number of fused-ring (bicyclic) bond motifs is 4. The van der Waals surface area contributed by atoms with Crippen molar-refractivity contribution in [3.8, 4) is 0 Å². The van der Waals surface area contributed by atoms with E-state index in [2.05, 4.69) is 47.8 Å². The van der Waals surface area contributed by atoms with Crippen LogP contribution < -0.4 is 5.32 Å². The van der Waals surface area contributed by atoms with E-state index in [1.807, 2.05) is 12.1 Å². The third-order valence-electron chi connectivity index (χ3n) is 3.31. The minimum absolute atomic E-state index is 0.760. The minimum atomic E-state index is 0.760. The lowest BCUT2D eigenvalue weighted by atomic mass is 10.1. The van der Waals surface area contributed by atoms with Crippen molar-refractivity contribution in [2.45, 2.75) is 9.79 Å². The van der Waals surface area contributed by atoms with Gasteiger partial charge >= 0.3 is 0 Å². The second-order valence-electron chi connectivity index (χ2n) is 4.53. The average molecular weight is 284 g/mol. The molecule has 0 unspecified atom stereocenters. The fourth-order valence-corrected chi connectivity index (χ4v) is 3.57. The number of benzene rings is 3. The third-order valence-corrected chi connectivity index (χ3v) is 4.68. The van der Waals surface area contributed by atoms with Crippen LogP contribution >= 0.6 is 23.4 Å². The molecule has 1 N–H and O–H groups in total. The molecule has 0 bridgehead atoms. The minimum Gasteiger partial charge on any atom is -0.353 e. The summed E-state index contributed by atoms with van der Waals surface area (Å²) in [6, 6.07) is 18.7. The molecular formula is C16H10ClNS. The summed E-state index contributed by atoms with van der Waals surface area (Å²) in [5.41, 5.74) is 2.26. The van der Waals surface area contributed by atoms with Crippen molar-refractivity contribution in [2.75, 3.05) is 5.32 Å². The van der Waals surface area contributed by atoms with Crippen LogP contribution in [0.15, 0.2) is 64.4 Å².